The highest BCUT2D eigenvalue weighted by atomic mass is 16.1. The number of carbonyl (C=O) groups is 2. The number of hydrogen-bond acceptors (Lipinski definition) is 2. The Labute approximate surface area is 110 Å². The second kappa shape index (κ2) is 5.29. The summed E-state index contributed by atoms with van der Waals surface area (Å²) in [5, 5.41) is 0. The van der Waals surface area contributed by atoms with Crippen LogP contribution in [-0.4, -0.2) is 11.8 Å². The lowest BCUT2D eigenvalue weighted by Crippen LogP contribution is -2.55. The molecule has 0 fully saturated rings. The minimum atomic E-state index is -0.657. The van der Waals surface area contributed by atoms with Crippen molar-refractivity contribution >= 4 is 11.8 Å². The Morgan fingerprint density at radius 2 is 1.28 bits per heavy atom. The molecule has 0 spiro atoms. The molecule has 0 atom stereocenters. The summed E-state index contributed by atoms with van der Waals surface area (Å²) in [4.78, 5) is 23.0. The highest BCUT2D eigenvalue weighted by Crippen LogP contribution is 2.54. The Bertz CT molecular complexity index is 308. The maximum absolute atomic E-state index is 12.1. The van der Waals surface area contributed by atoms with Crippen LogP contribution in [-0.2, 0) is 9.59 Å². The number of hydrogen-bond donors (Lipinski definition) is 2. The largest absolute Gasteiger partial charge is 0.370 e. The summed E-state index contributed by atoms with van der Waals surface area (Å²) in [7, 11) is 0. The Kier molecular flexibility index (Phi) is 4.98. The van der Waals surface area contributed by atoms with Gasteiger partial charge < -0.3 is 11.5 Å². The second-order valence-corrected chi connectivity index (χ2v) is 7.09. The molecule has 0 aliphatic rings. The van der Waals surface area contributed by atoms with Crippen LogP contribution in [0.15, 0.2) is 0 Å². The molecule has 0 bridgehead atoms. The van der Waals surface area contributed by atoms with Crippen LogP contribution < -0.4 is 11.5 Å². The minimum Gasteiger partial charge on any atom is -0.370 e. The van der Waals surface area contributed by atoms with E-state index in [1.54, 1.807) is 0 Å². The van der Waals surface area contributed by atoms with Gasteiger partial charge in [-0.1, -0.05) is 41.5 Å². The summed E-state index contributed by atoms with van der Waals surface area (Å²) in [5.74, 6) is -0.636. The van der Waals surface area contributed by atoms with Crippen LogP contribution in [0, 0.1) is 16.2 Å². The van der Waals surface area contributed by atoms with Crippen molar-refractivity contribution in [3.63, 3.8) is 0 Å². The molecule has 106 valence electrons. The van der Waals surface area contributed by atoms with Crippen molar-refractivity contribution in [2.75, 3.05) is 0 Å². The second-order valence-electron chi connectivity index (χ2n) is 7.09. The first-order chi connectivity index (χ1) is 7.86. The van der Waals surface area contributed by atoms with Crippen molar-refractivity contribution in [1.29, 1.82) is 0 Å². The van der Waals surface area contributed by atoms with Gasteiger partial charge in [0.15, 0.2) is 0 Å². The van der Waals surface area contributed by atoms with E-state index in [0.717, 1.165) is 0 Å². The van der Waals surface area contributed by atoms with Crippen LogP contribution in [0.4, 0.5) is 0 Å². The van der Waals surface area contributed by atoms with Gasteiger partial charge in [0.2, 0.25) is 11.8 Å². The van der Waals surface area contributed by atoms with Crippen molar-refractivity contribution < 1.29 is 9.59 Å². The molecule has 0 radical (unpaired) electrons. The summed E-state index contributed by atoms with van der Waals surface area (Å²) >= 11 is 0. The molecule has 2 amide bonds. The summed E-state index contributed by atoms with van der Waals surface area (Å²) in [6.07, 6.45) is 1.46. The lowest BCUT2D eigenvalue weighted by atomic mass is 9.52. The van der Waals surface area contributed by atoms with Crippen LogP contribution in [0.5, 0.6) is 0 Å². The SMILES string of the molecule is CC(C)(C)C(CCCC(N)=O)(C(N)=O)C(C)(C)C. The third-order valence-electron chi connectivity index (χ3n) is 3.96. The van der Waals surface area contributed by atoms with Crippen LogP contribution in [0.25, 0.3) is 0 Å². The fraction of sp³-hybridized carbons (Fsp3) is 0.857. The molecular weight excluding hydrogens is 228 g/mol. The van der Waals surface area contributed by atoms with Gasteiger partial charge in [-0.2, -0.15) is 0 Å². The quantitative estimate of drug-likeness (QED) is 0.790. The fourth-order valence-electron chi connectivity index (χ4n) is 3.27. The van der Waals surface area contributed by atoms with E-state index in [9.17, 15) is 9.59 Å². The zero-order valence-electron chi connectivity index (χ0n) is 12.6. The molecule has 0 aromatic carbocycles. The van der Waals surface area contributed by atoms with Gasteiger partial charge in [-0.05, 0) is 23.7 Å². The third kappa shape index (κ3) is 3.24. The van der Waals surface area contributed by atoms with Gasteiger partial charge in [-0.3, -0.25) is 9.59 Å². The van der Waals surface area contributed by atoms with E-state index in [1.807, 2.05) is 41.5 Å². The summed E-state index contributed by atoms with van der Waals surface area (Å²) in [5.41, 5.74) is 9.67. The third-order valence-corrected chi connectivity index (χ3v) is 3.96. The van der Waals surface area contributed by atoms with Gasteiger partial charge in [0.05, 0.1) is 5.41 Å². The Balaban J connectivity index is 5.39. The number of amides is 2. The first-order valence-corrected chi connectivity index (χ1v) is 6.44. The van der Waals surface area contributed by atoms with E-state index >= 15 is 0 Å². The first kappa shape index (κ1) is 16.9. The van der Waals surface area contributed by atoms with Crippen molar-refractivity contribution in [3.8, 4) is 0 Å². The van der Waals surface area contributed by atoms with E-state index < -0.39 is 5.41 Å². The molecule has 4 heteroatoms. The van der Waals surface area contributed by atoms with Crippen LogP contribution >= 0.6 is 0 Å². The highest BCUT2D eigenvalue weighted by Gasteiger charge is 2.54. The maximum Gasteiger partial charge on any atom is 0.224 e. The molecular formula is C14H28N2O2. The molecule has 0 rings (SSSR count). The van der Waals surface area contributed by atoms with E-state index in [2.05, 4.69) is 0 Å². The number of rotatable bonds is 5. The summed E-state index contributed by atoms with van der Waals surface area (Å²) in [6.45, 7) is 12.1. The maximum atomic E-state index is 12.1. The predicted molar refractivity (Wildman–Crippen MR) is 73.6 cm³/mol. The lowest BCUT2D eigenvalue weighted by Gasteiger charge is -2.51. The van der Waals surface area contributed by atoms with E-state index in [-0.39, 0.29) is 22.6 Å². The molecule has 18 heavy (non-hydrogen) atoms. The molecule has 4 N–H and O–H groups in total. The van der Waals surface area contributed by atoms with Gasteiger partial charge in [0.1, 0.15) is 0 Å². The molecule has 0 aromatic rings. The summed E-state index contributed by atoms with van der Waals surface area (Å²) < 4.78 is 0. The minimum absolute atomic E-state index is 0.269. The van der Waals surface area contributed by atoms with Gasteiger partial charge in [-0.25, -0.2) is 0 Å². The van der Waals surface area contributed by atoms with Gasteiger partial charge >= 0.3 is 0 Å². The van der Waals surface area contributed by atoms with Gasteiger partial charge in [0, 0.05) is 6.42 Å². The van der Waals surface area contributed by atoms with Crippen molar-refractivity contribution in [3.05, 3.63) is 0 Å². The van der Waals surface area contributed by atoms with Crippen LogP contribution in [0.2, 0.25) is 0 Å². The van der Waals surface area contributed by atoms with Crippen molar-refractivity contribution in [2.24, 2.45) is 27.7 Å². The molecule has 0 unspecified atom stereocenters. The smallest absolute Gasteiger partial charge is 0.224 e. The average Bonchev–Trinajstić information content (AvgIpc) is 2.06. The van der Waals surface area contributed by atoms with Crippen molar-refractivity contribution in [1.82, 2.24) is 0 Å². The van der Waals surface area contributed by atoms with Crippen molar-refractivity contribution in [2.45, 2.75) is 60.8 Å². The van der Waals surface area contributed by atoms with E-state index in [4.69, 9.17) is 11.5 Å². The Morgan fingerprint density at radius 1 is 0.889 bits per heavy atom. The molecule has 0 aliphatic carbocycles. The molecule has 4 nitrogen and oxygen atoms in total. The Morgan fingerprint density at radius 3 is 1.50 bits per heavy atom. The first-order valence-electron chi connectivity index (χ1n) is 6.44. The number of carbonyl (C=O) groups excluding carboxylic acids is 2. The standard InChI is InChI=1S/C14H28N2O2/c1-12(2,3)14(11(16)18,13(4,5)6)9-7-8-10(15)17/h7-9H2,1-6H3,(H2,15,17)(H2,16,18). The molecule has 0 saturated carbocycles. The van der Waals surface area contributed by atoms with Gasteiger partial charge in [0.25, 0.3) is 0 Å². The molecule has 0 saturated heterocycles. The average molecular weight is 256 g/mol. The Hall–Kier alpha value is -1.06. The van der Waals surface area contributed by atoms with E-state index in [0.29, 0.717) is 19.3 Å². The molecule has 0 aromatic heterocycles. The fourth-order valence-corrected chi connectivity index (χ4v) is 3.27. The normalized spacial score (nSPS) is 13.4. The number of primary amides is 2. The zero-order chi connectivity index (χ0) is 14.8. The highest BCUT2D eigenvalue weighted by molar-refractivity contribution is 5.82. The monoisotopic (exact) mass is 256 g/mol. The van der Waals surface area contributed by atoms with Crippen LogP contribution in [0.1, 0.15) is 60.8 Å². The lowest BCUT2D eigenvalue weighted by molar-refractivity contribution is -0.147. The van der Waals surface area contributed by atoms with Crippen LogP contribution in [0.3, 0.4) is 0 Å². The predicted octanol–water partition coefficient (Wildman–Crippen LogP) is 2.21. The molecule has 0 heterocycles. The zero-order valence-corrected chi connectivity index (χ0v) is 12.6. The number of nitrogens with two attached hydrogens (primary N) is 2. The molecule has 0 aliphatic heterocycles. The topological polar surface area (TPSA) is 86.2 Å². The van der Waals surface area contributed by atoms with E-state index in [1.165, 1.54) is 0 Å². The van der Waals surface area contributed by atoms with Gasteiger partial charge in [-0.15, -0.1) is 0 Å². The summed E-state index contributed by atoms with van der Waals surface area (Å²) in [6, 6.07) is 0.